The Morgan fingerprint density at radius 3 is 2.28 bits per heavy atom. The van der Waals surface area contributed by atoms with Gasteiger partial charge in [-0.1, -0.05) is 52.0 Å². The van der Waals surface area contributed by atoms with Crippen molar-refractivity contribution in [2.45, 2.75) is 51.4 Å². The first-order valence-corrected chi connectivity index (χ1v) is 8.71. The molecule has 0 saturated heterocycles. The van der Waals surface area contributed by atoms with Gasteiger partial charge in [-0.25, -0.2) is 4.79 Å². The Balaban J connectivity index is 1.90. The number of carbonyl (C=O) groups is 1. The molecule has 0 fully saturated rings. The van der Waals surface area contributed by atoms with Crippen LogP contribution < -0.4 is 0 Å². The molecule has 0 radical (unpaired) electrons. The van der Waals surface area contributed by atoms with Crippen LogP contribution in [0.3, 0.4) is 0 Å². The zero-order valence-corrected chi connectivity index (χ0v) is 15.3. The number of aromatic carboxylic acids is 1. The van der Waals surface area contributed by atoms with Gasteiger partial charge in [0, 0.05) is 6.20 Å². The Morgan fingerprint density at radius 2 is 1.68 bits per heavy atom. The average Bonchev–Trinajstić information content (AvgIpc) is 2.57. The third-order valence-corrected chi connectivity index (χ3v) is 5.36. The SMILES string of the molecule is CC1(C)CCC(C)(C)c2cc(C=Cc3ccc(C(=O)O)cn3)ccc21. The van der Waals surface area contributed by atoms with Crippen LogP contribution >= 0.6 is 0 Å². The fourth-order valence-electron chi connectivity index (χ4n) is 3.52. The first-order valence-electron chi connectivity index (χ1n) is 8.71. The lowest BCUT2D eigenvalue weighted by Crippen LogP contribution is -2.33. The molecule has 1 aromatic heterocycles. The smallest absolute Gasteiger partial charge is 0.337 e. The second kappa shape index (κ2) is 6.14. The molecular formula is C22H25NO2. The molecule has 1 aromatic carbocycles. The highest BCUT2D eigenvalue weighted by Crippen LogP contribution is 2.45. The van der Waals surface area contributed by atoms with E-state index < -0.39 is 5.97 Å². The van der Waals surface area contributed by atoms with Crippen LogP contribution in [0, 0.1) is 0 Å². The maximum atomic E-state index is 10.9. The van der Waals surface area contributed by atoms with Crippen molar-refractivity contribution in [1.82, 2.24) is 4.98 Å². The minimum absolute atomic E-state index is 0.191. The van der Waals surface area contributed by atoms with Crippen LogP contribution in [-0.4, -0.2) is 16.1 Å². The van der Waals surface area contributed by atoms with Crippen molar-refractivity contribution < 1.29 is 9.90 Å². The number of hydrogen-bond donors (Lipinski definition) is 1. The zero-order chi connectivity index (χ0) is 18.2. The van der Waals surface area contributed by atoms with Crippen LogP contribution in [-0.2, 0) is 10.8 Å². The van der Waals surface area contributed by atoms with Crippen LogP contribution in [0.4, 0.5) is 0 Å². The second-order valence-electron chi connectivity index (χ2n) is 8.18. The van der Waals surface area contributed by atoms with E-state index in [0.29, 0.717) is 0 Å². The van der Waals surface area contributed by atoms with Gasteiger partial charge >= 0.3 is 5.97 Å². The molecule has 3 rings (SSSR count). The molecule has 3 nitrogen and oxygen atoms in total. The van der Waals surface area contributed by atoms with Crippen LogP contribution in [0.1, 0.15) is 73.3 Å². The molecule has 1 aliphatic rings. The summed E-state index contributed by atoms with van der Waals surface area (Å²) in [6.07, 6.45) is 7.76. The van der Waals surface area contributed by atoms with E-state index in [4.69, 9.17) is 5.11 Å². The highest BCUT2D eigenvalue weighted by Gasteiger charge is 2.36. The topological polar surface area (TPSA) is 50.2 Å². The van der Waals surface area contributed by atoms with Crippen molar-refractivity contribution >= 4 is 18.1 Å². The third kappa shape index (κ3) is 3.51. The predicted molar refractivity (Wildman–Crippen MR) is 102 cm³/mol. The Bertz CT molecular complexity index is 830. The van der Waals surface area contributed by atoms with Gasteiger partial charge in [0.05, 0.1) is 11.3 Å². The van der Waals surface area contributed by atoms with E-state index >= 15 is 0 Å². The standard InChI is InChI=1S/C22H25NO2/c1-21(2)11-12-22(3,4)19-13-15(6-10-18(19)21)5-8-17-9-7-16(14-23-17)20(24)25/h5-10,13-14H,11-12H2,1-4H3,(H,24,25). The summed E-state index contributed by atoms with van der Waals surface area (Å²) in [4.78, 5) is 15.1. The van der Waals surface area contributed by atoms with Gasteiger partial charge in [-0.05, 0) is 58.6 Å². The normalized spacial score (nSPS) is 18.1. The summed E-state index contributed by atoms with van der Waals surface area (Å²) in [6.45, 7) is 9.29. The van der Waals surface area contributed by atoms with Gasteiger partial charge in [-0.2, -0.15) is 0 Å². The molecule has 0 atom stereocenters. The van der Waals surface area contributed by atoms with E-state index in [1.54, 1.807) is 12.1 Å². The van der Waals surface area contributed by atoms with Crippen LogP contribution in [0.15, 0.2) is 36.5 Å². The number of fused-ring (bicyclic) bond motifs is 1. The number of carboxylic acids is 1. The minimum Gasteiger partial charge on any atom is -0.478 e. The molecule has 0 saturated carbocycles. The number of rotatable bonds is 3. The molecule has 1 N–H and O–H groups in total. The van der Waals surface area contributed by atoms with Crippen LogP contribution in [0.2, 0.25) is 0 Å². The van der Waals surface area contributed by atoms with Gasteiger partial charge in [-0.15, -0.1) is 0 Å². The molecule has 0 spiro atoms. The Labute approximate surface area is 149 Å². The van der Waals surface area contributed by atoms with E-state index in [2.05, 4.69) is 50.9 Å². The monoisotopic (exact) mass is 335 g/mol. The van der Waals surface area contributed by atoms with Gasteiger partial charge in [0.25, 0.3) is 0 Å². The summed E-state index contributed by atoms with van der Waals surface area (Å²) in [5.74, 6) is -0.956. The summed E-state index contributed by atoms with van der Waals surface area (Å²) >= 11 is 0. The van der Waals surface area contributed by atoms with Crippen molar-refractivity contribution in [2.24, 2.45) is 0 Å². The highest BCUT2D eigenvalue weighted by molar-refractivity contribution is 5.87. The van der Waals surface area contributed by atoms with E-state index in [0.717, 1.165) is 11.3 Å². The molecule has 1 heterocycles. The van der Waals surface area contributed by atoms with Crippen LogP contribution in [0.5, 0.6) is 0 Å². The van der Waals surface area contributed by atoms with Gasteiger partial charge < -0.3 is 5.11 Å². The molecular weight excluding hydrogens is 310 g/mol. The van der Waals surface area contributed by atoms with E-state index in [-0.39, 0.29) is 16.4 Å². The Hall–Kier alpha value is -2.42. The minimum atomic E-state index is -0.956. The first kappa shape index (κ1) is 17.4. The van der Waals surface area contributed by atoms with E-state index in [1.165, 1.54) is 30.2 Å². The highest BCUT2D eigenvalue weighted by atomic mass is 16.4. The fourth-order valence-corrected chi connectivity index (χ4v) is 3.52. The lowest BCUT2D eigenvalue weighted by molar-refractivity contribution is 0.0696. The van der Waals surface area contributed by atoms with Crippen molar-refractivity contribution in [3.05, 3.63) is 64.5 Å². The molecule has 2 aromatic rings. The number of nitrogens with zero attached hydrogens (tertiary/aromatic N) is 1. The molecule has 1 aliphatic carbocycles. The van der Waals surface area contributed by atoms with E-state index in [9.17, 15) is 4.79 Å². The summed E-state index contributed by atoms with van der Waals surface area (Å²) in [5.41, 5.74) is 5.40. The largest absolute Gasteiger partial charge is 0.478 e. The summed E-state index contributed by atoms with van der Waals surface area (Å²) in [7, 11) is 0. The fraction of sp³-hybridized carbons (Fsp3) is 0.364. The van der Waals surface area contributed by atoms with E-state index in [1.807, 2.05) is 12.2 Å². The number of benzene rings is 1. The maximum Gasteiger partial charge on any atom is 0.337 e. The number of carboxylic acid groups (broad SMARTS) is 1. The lowest BCUT2D eigenvalue weighted by atomic mass is 9.63. The van der Waals surface area contributed by atoms with Gasteiger partial charge in [-0.3, -0.25) is 4.98 Å². The number of hydrogen-bond acceptors (Lipinski definition) is 2. The number of aromatic nitrogens is 1. The van der Waals surface area contributed by atoms with Crippen LogP contribution in [0.25, 0.3) is 12.2 Å². The molecule has 0 bridgehead atoms. The molecule has 25 heavy (non-hydrogen) atoms. The molecule has 3 heteroatoms. The lowest BCUT2D eigenvalue weighted by Gasteiger charge is -2.42. The number of pyridine rings is 1. The molecule has 0 amide bonds. The maximum absolute atomic E-state index is 10.9. The average molecular weight is 335 g/mol. The van der Waals surface area contributed by atoms with Crippen molar-refractivity contribution in [1.29, 1.82) is 0 Å². The van der Waals surface area contributed by atoms with Crippen molar-refractivity contribution in [3.8, 4) is 0 Å². The third-order valence-electron chi connectivity index (χ3n) is 5.36. The molecule has 0 aliphatic heterocycles. The second-order valence-corrected chi connectivity index (χ2v) is 8.18. The summed E-state index contributed by atoms with van der Waals surface area (Å²) in [6, 6.07) is 10.0. The molecule has 0 unspecified atom stereocenters. The van der Waals surface area contributed by atoms with Crippen molar-refractivity contribution in [3.63, 3.8) is 0 Å². The Morgan fingerprint density at radius 1 is 1.00 bits per heavy atom. The summed E-state index contributed by atoms with van der Waals surface area (Å²) in [5, 5.41) is 8.93. The summed E-state index contributed by atoms with van der Waals surface area (Å²) < 4.78 is 0. The quantitative estimate of drug-likeness (QED) is 0.828. The van der Waals surface area contributed by atoms with Crippen molar-refractivity contribution in [2.75, 3.05) is 0 Å². The molecule has 130 valence electrons. The Kier molecular flexibility index (Phi) is 4.28. The van der Waals surface area contributed by atoms with Gasteiger partial charge in [0.15, 0.2) is 0 Å². The predicted octanol–water partition coefficient (Wildman–Crippen LogP) is 5.30. The zero-order valence-electron chi connectivity index (χ0n) is 15.3. The van der Waals surface area contributed by atoms with Gasteiger partial charge in [0.2, 0.25) is 0 Å². The van der Waals surface area contributed by atoms with Gasteiger partial charge in [0.1, 0.15) is 0 Å². The first-order chi connectivity index (χ1) is 11.7.